The number of amides is 6. The molecule has 0 aliphatic carbocycles. The highest BCUT2D eigenvalue weighted by molar-refractivity contribution is 5.95. The predicted molar refractivity (Wildman–Crippen MR) is 151 cm³/mol. The summed E-state index contributed by atoms with van der Waals surface area (Å²) in [5.74, 6) is -4.88. The largest absolute Gasteiger partial charge is 0.480 e. The van der Waals surface area contributed by atoms with E-state index in [4.69, 9.17) is 9.84 Å². The molecule has 1 aliphatic heterocycles. The summed E-state index contributed by atoms with van der Waals surface area (Å²) in [6, 6.07) is -3.85. The maximum Gasteiger partial charge on any atom is 0.408 e. The summed E-state index contributed by atoms with van der Waals surface area (Å²) in [5.41, 5.74) is -0.760. The minimum atomic E-state index is -1.23. The van der Waals surface area contributed by atoms with Crippen molar-refractivity contribution in [1.29, 1.82) is 0 Å². The molecule has 1 fully saturated rings. The van der Waals surface area contributed by atoms with E-state index in [0.717, 1.165) is 0 Å². The number of rotatable bonds is 13. The van der Waals surface area contributed by atoms with E-state index in [0.29, 0.717) is 12.8 Å². The zero-order valence-corrected chi connectivity index (χ0v) is 25.7. The number of nitrogens with one attached hydrogen (secondary N) is 5. The second kappa shape index (κ2) is 15.9. The molecule has 0 aromatic carbocycles. The number of aliphatic carboxylic acids is 1. The molecule has 1 heterocycles. The van der Waals surface area contributed by atoms with Crippen molar-refractivity contribution in [2.45, 2.75) is 98.0 Å². The molecule has 0 aromatic rings. The Morgan fingerprint density at radius 1 is 0.833 bits per heavy atom. The minimum absolute atomic E-state index is 0.270. The number of ether oxygens (including phenoxy) is 1. The smallest absolute Gasteiger partial charge is 0.408 e. The Labute approximate surface area is 246 Å². The van der Waals surface area contributed by atoms with Crippen LogP contribution in [0.15, 0.2) is 0 Å². The number of nitrogens with zero attached hydrogens (tertiary/aromatic N) is 1. The average molecular weight is 599 g/mol. The quantitative estimate of drug-likeness (QED) is 0.161. The van der Waals surface area contributed by atoms with Gasteiger partial charge in [-0.3, -0.25) is 28.8 Å². The number of hydrogen-bond donors (Lipinski definition) is 6. The maximum absolute atomic E-state index is 13.2. The first kappa shape index (κ1) is 36.1. The summed E-state index contributed by atoms with van der Waals surface area (Å²) >= 11 is 0. The number of hydrogen-bond acceptors (Lipinski definition) is 8. The van der Waals surface area contributed by atoms with Crippen LogP contribution in [0.4, 0.5) is 4.79 Å². The molecule has 4 unspecified atom stereocenters. The van der Waals surface area contributed by atoms with Crippen LogP contribution in [0.5, 0.6) is 0 Å². The van der Waals surface area contributed by atoms with Crippen LogP contribution in [0.3, 0.4) is 0 Å². The lowest BCUT2D eigenvalue weighted by Gasteiger charge is -2.29. The Morgan fingerprint density at radius 3 is 1.93 bits per heavy atom. The third-order valence-electron chi connectivity index (χ3n) is 6.29. The van der Waals surface area contributed by atoms with Gasteiger partial charge in [0.1, 0.15) is 36.3 Å². The summed E-state index contributed by atoms with van der Waals surface area (Å²) < 4.78 is 5.23. The SMILES string of the molecule is CC(NC(=O)C(NC(=O)OC(C)(C)C)C(C)C)C(=O)N1CCCC1C(=O)NCC(=O)NC(C(=O)NCC(=O)O)C(C)C. The number of likely N-dealkylation sites (tertiary alicyclic amines) is 1. The second-order valence-corrected chi connectivity index (χ2v) is 11.9. The van der Waals surface area contributed by atoms with Gasteiger partial charge in [0.2, 0.25) is 29.5 Å². The number of alkyl carbamates (subject to hydrolysis) is 1. The fraction of sp³-hybridized carbons (Fsp3) is 0.741. The van der Waals surface area contributed by atoms with E-state index in [-0.39, 0.29) is 18.4 Å². The minimum Gasteiger partial charge on any atom is -0.480 e. The van der Waals surface area contributed by atoms with Gasteiger partial charge in [-0.1, -0.05) is 27.7 Å². The number of carboxylic acids is 1. The van der Waals surface area contributed by atoms with Crippen molar-refractivity contribution in [1.82, 2.24) is 31.5 Å². The van der Waals surface area contributed by atoms with Crippen LogP contribution in [0.25, 0.3) is 0 Å². The van der Waals surface area contributed by atoms with Gasteiger partial charge in [-0.25, -0.2) is 4.79 Å². The van der Waals surface area contributed by atoms with Gasteiger partial charge in [-0.05, 0) is 52.4 Å². The molecular formula is C27H46N6O9. The normalized spacial score (nSPS) is 17.1. The summed E-state index contributed by atoms with van der Waals surface area (Å²) in [5, 5.41) is 21.0. The summed E-state index contributed by atoms with van der Waals surface area (Å²) in [6.07, 6.45) is 0.113. The molecule has 15 nitrogen and oxygen atoms in total. The van der Waals surface area contributed by atoms with E-state index in [1.54, 1.807) is 48.5 Å². The number of carbonyl (C=O) groups excluding carboxylic acids is 6. The van der Waals surface area contributed by atoms with Crippen LogP contribution in [0, 0.1) is 11.8 Å². The molecule has 15 heteroatoms. The zero-order chi connectivity index (χ0) is 32.4. The highest BCUT2D eigenvalue weighted by atomic mass is 16.6. The van der Waals surface area contributed by atoms with E-state index in [2.05, 4.69) is 26.6 Å². The van der Waals surface area contributed by atoms with Crippen molar-refractivity contribution in [3.63, 3.8) is 0 Å². The molecule has 0 saturated carbocycles. The van der Waals surface area contributed by atoms with Crippen LogP contribution in [-0.2, 0) is 33.5 Å². The molecule has 238 valence electrons. The molecule has 0 radical (unpaired) electrons. The van der Waals surface area contributed by atoms with Gasteiger partial charge in [-0.2, -0.15) is 0 Å². The Bertz CT molecular complexity index is 1020. The van der Waals surface area contributed by atoms with Crippen molar-refractivity contribution in [3.8, 4) is 0 Å². The van der Waals surface area contributed by atoms with Crippen molar-refractivity contribution in [2.75, 3.05) is 19.6 Å². The van der Waals surface area contributed by atoms with E-state index < -0.39 is 84.5 Å². The molecule has 0 spiro atoms. The first-order valence-electron chi connectivity index (χ1n) is 14.0. The Balaban J connectivity index is 2.75. The molecule has 6 N–H and O–H groups in total. The molecule has 1 rings (SSSR count). The summed E-state index contributed by atoms with van der Waals surface area (Å²) in [4.78, 5) is 88.0. The van der Waals surface area contributed by atoms with Crippen molar-refractivity contribution in [3.05, 3.63) is 0 Å². The highest BCUT2D eigenvalue weighted by Crippen LogP contribution is 2.19. The molecule has 42 heavy (non-hydrogen) atoms. The van der Waals surface area contributed by atoms with Gasteiger partial charge in [0, 0.05) is 6.54 Å². The van der Waals surface area contributed by atoms with Crippen LogP contribution >= 0.6 is 0 Å². The molecule has 0 aromatic heterocycles. The lowest BCUT2D eigenvalue weighted by molar-refractivity contribution is -0.141. The van der Waals surface area contributed by atoms with Gasteiger partial charge in [0.25, 0.3) is 0 Å². The highest BCUT2D eigenvalue weighted by Gasteiger charge is 2.37. The standard InChI is InChI=1S/C27H46N6O9/c1-14(2)20(23(38)29-13-19(35)36)31-18(34)12-28-22(37)17-10-9-11-33(17)25(40)16(5)30-24(39)21(15(3)4)32-26(41)42-27(6,7)8/h14-17,20-21H,9-13H2,1-8H3,(H,28,37)(H,29,38)(H,30,39)(H,31,34)(H,32,41)(H,35,36). The molecule has 1 aliphatic rings. The lowest BCUT2D eigenvalue weighted by Crippen LogP contribution is -2.57. The summed E-state index contributed by atoms with van der Waals surface area (Å²) in [6.45, 7) is 12.6. The van der Waals surface area contributed by atoms with Crippen LogP contribution in [0.1, 0.15) is 68.2 Å². The Morgan fingerprint density at radius 2 is 1.40 bits per heavy atom. The van der Waals surface area contributed by atoms with Gasteiger partial charge in [0.15, 0.2) is 0 Å². The average Bonchev–Trinajstić information content (AvgIpc) is 3.35. The molecule has 1 saturated heterocycles. The van der Waals surface area contributed by atoms with Gasteiger partial charge >= 0.3 is 12.1 Å². The Hall–Kier alpha value is -3.91. The van der Waals surface area contributed by atoms with Gasteiger partial charge in [-0.15, -0.1) is 0 Å². The Kier molecular flexibility index (Phi) is 13.7. The first-order valence-corrected chi connectivity index (χ1v) is 14.0. The van der Waals surface area contributed by atoms with Crippen LogP contribution < -0.4 is 26.6 Å². The van der Waals surface area contributed by atoms with Crippen molar-refractivity contribution in [2.24, 2.45) is 11.8 Å². The second-order valence-electron chi connectivity index (χ2n) is 11.9. The molecule has 0 bridgehead atoms. The molecule has 4 atom stereocenters. The third-order valence-corrected chi connectivity index (χ3v) is 6.29. The van der Waals surface area contributed by atoms with Crippen molar-refractivity contribution < 1.29 is 43.4 Å². The zero-order valence-electron chi connectivity index (χ0n) is 25.7. The van der Waals surface area contributed by atoms with Crippen molar-refractivity contribution >= 4 is 41.6 Å². The van der Waals surface area contributed by atoms with Crippen LogP contribution in [-0.4, -0.2) is 101 Å². The third kappa shape index (κ3) is 11.9. The van der Waals surface area contributed by atoms with Gasteiger partial charge < -0.3 is 41.3 Å². The number of carbonyl (C=O) groups is 7. The van der Waals surface area contributed by atoms with Crippen LogP contribution in [0.2, 0.25) is 0 Å². The fourth-order valence-electron chi connectivity index (χ4n) is 4.20. The number of carboxylic acid groups (broad SMARTS) is 1. The maximum atomic E-state index is 13.2. The topological polar surface area (TPSA) is 212 Å². The molecular weight excluding hydrogens is 552 g/mol. The first-order chi connectivity index (χ1) is 19.3. The van der Waals surface area contributed by atoms with E-state index in [1.165, 1.54) is 11.8 Å². The van der Waals surface area contributed by atoms with E-state index >= 15 is 0 Å². The van der Waals surface area contributed by atoms with Gasteiger partial charge in [0.05, 0.1) is 6.54 Å². The molecule has 6 amide bonds. The fourth-order valence-corrected chi connectivity index (χ4v) is 4.20. The summed E-state index contributed by atoms with van der Waals surface area (Å²) in [7, 11) is 0. The monoisotopic (exact) mass is 598 g/mol. The lowest BCUT2D eigenvalue weighted by atomic mass is 10.0. The van der Waals surface area contributed by atoms with E-state index in [1.807, 2.05) is 0 Å². The predicted octanol–water partition coefficient (Wildman–Crippen LogP) is -0.511. The van der Waals surface area contributed by atoms with E-state index in [9.17, 15) is 33.6 Å².